The number of rotatable bonds is 2. The fourth-order valence-corrected chi connectivity index (χ4v) is 2.11. The van der Waals surface area contributed by atoms with Crippen LogP contribution >= 0.6 is 0 Å². The molecule has 88 valence electrons. The molecule has 4 nitrogen and oxygen atoms in total. The SMILES string of the molecule is NCCc1nccc2cc3c(cc12)OCCO3. The number of benzene rings is 1. The molecule has 0 fully saturated rings. The number of ether oxygens (including phenoxy) is 2. The van der Waals surface area contributed by atoms with Crippen LogP contribution in [0.1, 0.15) is 5.69 Å². The van der Waals surface area contributed by atoms with Crippen LogP contribution in [0.5, 0.6) is 11.5 Å². The van der Waals surface area contributed by atoms with Gasteiger partial charge in [0, 0.05) is 23.7 Å². The summed E-state index contributed by atoms with van der Waals surface area (Å²) in [6, 6.07) is 5.99. The Labute approximate surface area is 99.4 Å². The first-order chi connectivity index (χ1) is 8.38. The van der Waals surface area contributed by atoms with Crippen LogP contribution in [0.3, 0.4) is 0 Å². The Balaban J connectivity index is 2.19. The molecule has 17 heavy (non-hydrogen) atoms. The molecule has 1 aromatic carbocycles. The Morgan fingerprint density at radius 2 is 1.94 bits per heavy atom. The Morgan fingerprint density at radius 3 is 2.71 bits per heavy atom. The normalized spacial score (nSPS) is 13.9. The number of hydrogen-bond donors (Lipinski definition) is 1. The van der Waals surface area contributed by atoms with Crippen molar-refractivity contribution >= 4 is 10.8 Å². The minimum atomic E-state index is 0.598. The van der Waals surface area contributed by atoms with Crippen molar-refractivity contribution < 1.29 is 9.47 Å². The van der Waals surface area contributed by atoms with Crippen LogP contribution in [0.15, 0.2) is 24.4 Å². The highest BCUT2D eigenvalue weighted by Gasteiger charge is 2.14. The van der Waals surface area contributed by atoms with Crippen LogP contribution in [-0.2, 0) is 6.42 Å². The minimum absolute atomic E-state index is 0.598. The lowest BCUT2D eigenvalue weighted by molar-refractivity contribution is 0.172. The lowest BCUT2D eigenvalue weighted by Crippen LogP contribution is -2.15. The molecule has 4 heteroatoms. The number of aromatic nitrogens is 1. The summed E-state index contributed by atoms with van der Waals surface area (Å²) in [4.78, 5) is 4.37. The summed E-state index contributed by atoms with van der Waals surface area (Å²) in [6.07, 6.45) is 2.58. The fraction of sp³-hybridized carbons (Fsp3) is 0.308. The van der Waals surface area contributed by atoms with Crippen LogP contribution in [0, 0.1) is 0 Å². The van der Waals surface area contributed by atoms with Crippen molar-refractivity contribution in [2.24, 2.45) is 5.73 Å². The quantitative estimate of drug-likeness (QED) is 0.849. The van der Waals surface area contributed by atoms with Gasteiger partial charge in [-0.25, -0.2) is 0 Å². The van der Waals surface area contributed by atoms with Crippen LogP contribution in [0.2, 0.25) is 0 Å². The van der Waals surface area contributed by atoms with Crippen molar-refractivity contribution in [3.63, 3.8) is 0 Å². The van der Waals surface area contributed by atoms with E-state index in [4.69, 9.17) is 15.2 Å². The molecule has 0 saturated heterocycles. The summed E-state index contributed by atoms with van der Waals surface area (Å²) < 4.78 is 11.1. The van der Waals surface area contributed by atoms with E-state index in [1.54, 1.807) is 0 Å². The van der Waals surface area contributed by atoms with E-state index < -0.39 is 0 Å². The van der Waals surface area contributed by atoms with Gasteiger partial charge >= 0.3 is 0 Å². The summed E-state index contributed by atoms with van der Waals surface area (Å²) in [5.74, 6) is 1.61. The maximum absolute atomic E-state index is 5.59. The van der Waals surface area contributed by atoms with Gasteiger partial charge in [0.25, 0.3) is 0 Å². The molecule has 2 heterocycles. The number of fused-ring (bicyclic) bond motifs is 2. The second-order valence-electron chi connectivity index (χ2n) is 4.01. The maximum Gasteiger partial charge on any atom is 0.162 e. The van der Waals surface area contributed by atoms with E-state index >= 15 is 0 Å². The monoisotopic (exact) mass is 230 g/mol. The third-order valence-electron chi connectivity index (χ3n) is 2.89. The number of nitrogens with zero attached hydrogens (tertiary/aromatic N) is 1. The molecule has 0 amide bonds. The number of hydrogen-bond acceptors (Lipinski definition) is 4. The van der Waals surface area contributed by atoms with Crippen molar-refractivity contribution in [1.29, 1.82) is 0 Å². The molecular weight excluding hydrogens is 216 g/mol. The molecule has 0 aliphatic carbocycles. The largest absolute Gasteiger partial charge is 0.486 e. The summed E-state index contributed by atoms with van der Waals surface area (Å²) in [5.41, 5.74) is 6.61. The molecule has 1 aliphatic heterocycles. The molecule has 0 bridgehead atoms. The van der Waals surface area contributed by atoms with Crippen LogP contribution in [-0.4, -0.2) is 24.7 Å². The zero-order valence-electron chi connectivity index (χ0n) is 9.48. The van der Waals surface area contributed by atoms with Gasteiger partial charge in [0.05, 0.1) is 0 Å². The summed E-state index contributed by atoms with van der Waals surface area (Å²) in [5, 5.41) is 2.22. The highest BCUT2D eigenvalue weighted by atomic mass is 16.6. The number of pyridine rings is 1. The van der Waals surface area contributed by atoms with Crippen LogP contribution in [0.4, 0.5) is 0 Å². The van der Waals surface area contributed by atoms with Gasteiger partial charge in [0.2, 0.25) is 0 Å². The summed E-state index contributed by atoms with van der Waals surface area (Å²) in [7, 11) is 0. The smallest absolute Gasteiger partial charge is 0.162 e. The lowest BCUT2D eigenvalue weighted by atomic mass is 10.1. The predicted octanol–water partition coefficient (Wildman–Crippen LogP) is 1.51. The molecule has 0 radical (unpaired) electrons. The van der Waals surface area contributed by atoms with Crippen molar-refractivity contribution in [3.8, 4) is 11.5 Å². The van der Waals surface area contributed by atoms with E-state index in [-0.39, 0.29) is 0 Å². The zero-order valence-corrected chi connectivity index (χ0v) is 9.48. The van der Waals surface area contributed by atoms with Crippen molar-refractivity contribution in [2.75, 3.05) is 19.8 Å². The van der Waals surface area contributed by atoms with Crippen molar-refractivity contribution in [3.05, 3.63) is 30.1 Å². The second-order valence-corrected chi connectivity index (χ2v) is 4.01. The minimum Gasteiger partial charge on any atom is -0.486 e. The summed E-state index contributed by atoms with van der Waals surface area (Å²) >= 11 is 0. The molecular formula is C13H14N2O2. The molecule has 0 spiro atoms. The first-order valence-corrected chi connectivity index (χ1v) is 5.76. The van der Waals surface area contributed by atoms with E-state index in [0.29, 0.717) is 19.8 Å². The van der Waals surface area contributed by atoms with Gasteiger partial charge in [-0.05, 0) is 30.1 Å². The van der Waals surface area contributed by atoms with E-state index in [1.807, 2.05) is 24.4 Å². The van der Waals surface area contributed by atoms with Gasteiger partial charge in [0.1, 0.15) is 13.2 Å². The van der Waals surface area contributed by atoms with E-state index in [0.717, 1.165) is 34.4 Å². The Hall–Kier alpha value is -1.81. The fourth-order valence-electron chi connectivity index (χ4n) is 2.11. The van der Waals surface area contributed by atoms with Gasteiger partial charge < -0.3 is 15.2 Å². The Morgan fingerprint density at radius 1 is 1.18 bits per heavy atom. The van der Waals surface area contributed by atoms with Gasteiger partial charge in [-0.3, -0.25) is 4.98 Å². The first kappa shape index (κ1) is 10.4. The molecule has 2 aromatic rings. The van der Waals surface area contributed by atoms with Crippen LogP contribution in [0.25, 0.3) is 10.8 Å². The van der Waals surface area contributed by atoms with Crippen LogP contribution < -0.4 is 15.2 Å². The van der Waals surface area contributed by atoms with Gasteiger partial charge in [-0.15, -0.1) is 0 Å². The van der Waals surface area contributed by atoms with Gasteiger partial charge in [0.15, 0.2) is 11.5 Å². The molecule has 1 aliphatic rings. The molecule has 0 unspecified atom stereocenters. The first-order valence-electron chi connectivity index (χ1n) is 5.76. The maximum atomic E-state index is 5.59. The lowest BCUT2D eigenvalue weighted by Gasteiger charge is -2.19. The Bertz CT molecular complexity index is 554. The van der Waals surface area contributed by atoms with E-state index in [2.05, 4.69) is 4.98 Å². The predicted molar refractivity (Wildman–Crippen MR) is 65.5 cm³/mol. The van der Waals surface area contributed by atoms with Crippen molar-refractivity contribution in [2.45, 2.75) is 6.42 Å². The highest BCUT2D eigenvalue weighted by molar-refractivity contribution is 5.88. The van der Waals surface area contributed by atoms with Gasteiger partial charge in [-0.2, -0.15) is 0 Å². The molecule has 3 rings (SSSR count). The summed E-state index contributed by atoms with van der Waals surface area (Å²) in [6.45, 7) is 1.81. The molecule has 2 N–H and O–H groups in total. The van der Waals surface area contributed by atoms with E-state index in [9.17, 15) is 0 Å². The average molecular weight is 230 g/mol. The third kappa shape index (κ3) is 1.80. The number of nitrogens with two attached hydrogens (primary N) is 1. The molecule has 0 atom stereocenters. The van der Waals surface area contributed by atoms with E-state index in [1.165, 1.54) is 0 Å². The standard InChI is InChI=1S/C13H14N2O2/c14-3-1-11-10-8-13-12(16-5-6-17-13)7-9(10)2-4-15-11/h2,4,7-8H,1,3,5-6,14H2. The highest BCUT2D eigenvalue weighted by Crippen LogP contribution is 2.35. The topological polar surface area (TPSA) is 57.4 Å². The van der Waals surface area contributed by atoms with Gasteiger partial charge in [-0.1, -0.05) is 0 Å². The Kier molecular flexibility index (Phi) is 2.57. The third-order valence-corrected chi connectivity index (χ3v) is 2.89. The molecule has 0 saturated carbocycles. The van der Waals surface area contributed by atoms with Crippen molar-refractivity contribution in [1.82, 2.24) is 4.98 Å². The average Bonchev–Trinajstić information content (AvgIpc) is 2.37. The molecule has 1 aromatic heterocycles. The zero-order chi connectivity index (χ0) is 11.7. The second kappa shape index (κ2) is 4.22.